The summed E-state index contributed by atoms with van der Waals surface area (Å²) in [5.74, 6) is 2.93. The highest BCUT2D eigenvalue weighted by Gasteiger charge is 2.11. The lowest BCUT2D eigenvalue weighted by Gasteiger charge is -2.12. The molecule has 1 aromatic carbocycles. The molecular formula is C16H20ClNO3. The zero-order valence-electron chi connectivity index (χ0n) is 12.4. The van der Waals surface area contributed by atoms with E-state index in [1.807, 2.05) is 18.2 Å². The minimum Gasteiger partial charge on any atom is -0.490 e. The van der Waals surface area contributed by atoms with Crippen LogP contribution in [0.5, 0.6) is 11.5 Å². The van der Waals surface area contributed by atoms with Gasteiger partial charge in [-0.1, -0.05) is 13.8 Å². The van der Waals surface area contributed by atoms with E-state index in [0.717, 1.165) is 29.9 Å². The fourth-order valence-electron chi connectivity index (χ4n) is 1.82. The third-order valence-electron chi connectivity index (χ3n) is 2.82. The molecule has 0 aliphatic rings. The average Bonchev–Trinajstić information content (AvgIpc) is 3.00. The molecule has 0 saturated carbocycles. The number of aromatic nitrogens is 1. The molecule has 0 unspecified atom stereocenters. The predicted molar refractivity (Wildman–Crippen MR) is 83.1 cm³/mol. The summed E-state index contributed by atoms with van der Waals surface area (Å²) in [6, 6.07) is 5.75. The van der Waals surface area contributed by atoms with Gasteiger partial charge in [0.25, 0.3) is 0 Å². The second-order valence-electron chi connectivity index (χ2n) is 4.61. The van der Waals surface area contributed by atoms with Crippen molar-refractivity contribution in [2.45, 2.75) is 32.6 Å². The highest BCUT2D eigenvalue weighted by molar-refractivity contribution is 6.16. The van der Waals surface area contributed by atoms with E-state index >= 15 is 0 Å². The maximum Gasteiger partial charge on any atom is 0.209 e. The number of ether oxygens (including phenoxy) is 2. The summed E-state index contributed by atoms with van der Waals surface area (Å²) in [6.45, 7) is 5.46. The molecule has 0 aliphatic heterocycles. The maximum atomic E-state index is 5.77. The summed E-state index contributed by atoms with van der Waals surface area (Å²) < 4.78 is 17.0. The highest BCUT2D eigenvalue weighted by atomic mass is 35.5. The topological polar surface area (TPSA) is 44.5 Å². The van der Waals surface area contributed by atoms with Gasteiger partial charge in [-0.25, -0.2) is 4.98 Å². The van der Waals surface area contributed by atoms with Crippen molar-refractivity contribution in [2.75, 3.05) is 13.2 Å². The molecule has 0 radical (unpaired) electrons. The molecule has 0 N–H and O–H groups in total. The molecule has 0 atom stereocenters. The van der Waals surface area contributed by atoms with E-state index in [2.05, 4.69) is 18.8 Å². The Kier molecular flexibility index (Phi) is 5.93. The fourth-order valence-corrected chi connectivity index (χ4v) is 1.95. The molecule has 1 heterocycles. The molecule has 0 saturated heterocycles. The van der Waals surface area contributed by atoms with Crippen LogP contribution in [0, 0.1) is 0 Å². The summed E-state index contributed by atoms with van der Waals surface area (Å²) in [5.41, 5.74) is 0.897. The van der Waals surface area contributed by atoms with Gasteiger partial charge in [-0.3, -0.25) is 0 Å². The molecular weight excluding hydrogens is 290 g/mol. The van der Waals surface area contributed by atoms with E-state index in [1.165, 1.54) is 0 Å². The van der Waals surface area contributed by atoms with Crippen LogP contribution in [-0.4, -0.2) is 18.2 Å². The average molecular weight is 310 g/mol. The summed E-state index contributed by atoms with van der Waals surface area (Å²) in [7, 11) is 0. The van der Waals surface area contributed by atoms with Gasteiger partial charge in [-0.2, -0.15) is 0 Å². The predicted octanol–water partition coefficient (Wildman–Crippen LogP) is 4.66. The van der Waals surface area contributed by atoms with Crippen LogP contribution in [0.3, 0.4) is 0 Å². The second-order valence-corrected chi connectivity index (χ2v) is 4.88. The fraction of sp³-hybridized carbons (Fsp3) is 0.438. The van der Waals surface area contributed by atoms with Crippen LogP contribution >= 0.6 is 11.6 Å². The number of oxazole rings is 1. The highest BCUT2D eigenvalue weighted by Crippen LogP contribution is 2.33. The van der Waals surface area contributed by atoms with Crippen molar-refractivity contribution in [2.24, 2.45) is 0 Å². The Morgan fingerprint density at radius 1 is 1.10 bits per heavy atom. The number of hydrogen-bond donors (Lipinski definition) is 0. The molecule has 4 nitrogen and oxygen atoms in total. The van der Waals surface area contributed by atoms with Crippen molar-refractivity contribution in [3.05, 3.63) is 30.3 Å². The lowest BCUT2D eigenvalue weighted by atomic mass is 10.1. The van der Waals surface area contributed by atoms with E-state index in [9.17, 15) is 0 Å². The van der Waals surface area contributed by atoms with Crippen LogP contribution in [0.1, 0.15) is 32.6 Å². The quantitative estimate of drug-likeness (QED) is 0.665. The molecule has 5 heteroatoms. The van der Waals surface area contributed by atoms with Crippen molar-refractivity contribution >= 4 is 11.6 Å². The Labute approximate surface area is 130 Å². The van der Waals surface area contributed by atoms with Crippen LogP contribution in [0.25, 0.3) is 11.3 Å². The van der Waals surface area contributed by atoms with Crippen LogP contribution in [-0.2, 0) is 5.88 Å². The summed E-state index contributed by atoms with van der Waals surface area (Å²) in [4.78, 5) is 4.10. The van der Waals surface area contributed by atoms with Crippen molar-refractivity contribution in [1.29, 1.82) is 0 Å². The molecule has 0 bridgehead atoms. The summed E-state index contributed by atoms with van der Waals surface area (Å²) in [6.07, 6.45) is 3.57. The zero-order chi connectivity index (χ0) is 15.1. The van der Waals surface area contributed by atoms with Crippen LogP contribution in [0.15, 0.2) is 28.8 Å². The third-order valence-corrected chi connectivity index (χ3v) is 3.05. The molecule has 0 aliphatic carbocycles. The van der Waals surface area contributed by atoms with Crippen molar-refractivity contribution in [3.63, 3.8) is 0 Å². The first-order valence-corrected chi connectivity index (χ1v) is 7.72. The minimum atomic E-state index is 0.261. The van der Waals surface area contributed by atoms with E-state index in [-0.39, 0.29) is 5.88 Å². The number of nitrogens with zero attached hydrogens (tertiary/aromatic N) is 1. The van der Waals surface area contributed by atoms with Gasteiger partial charge >= 0.3 is 0 Å². The Morgan fingerprint density at radius 3 is 2.43 bits per heavy atom. The number of benzene rings is 1. The van der Waals surface area contributed by atoms with Crippen molar-refractivity contribution in [3.8, 4) is 22.8 Å². The minimum absolute atomic E-state index is 0.261. The van der Waals surface area contributed by atoms with Gasteiger partial charge in [-0.05, 0) is 31.0 Å². The summed E-state index contributed by atoms with van der Waals surface area (Å²) in [5, 5.41) is 0. The lowest BCUT2D eigenvalue weighted by Crippen LogP contribution is -2.01. The zero-order valence-corrected chi connectivity index (χ0v) is 13.2. The van der Waals surface area contributed by atoms with Crippen molar-refractivity contribution in [1.82, 2.24) is 4.98 Å². The molecule has 0 amide bonds. The van der Waals surface area contributed by atoms with Gasteiger partial charge in [0.2, 0.25) is 5.89 Å². The number of halogens is 1. The Hall–Kier alpha value is -1.68. The Morgan fingerprint density at radius 2 is 1.81 bits per heavy atom. The maximum absolute atomic E-state index is 5.77. The number of alkyl halides is 1. The van der Waals surface area contributed by atoms with E-state index in [1.54, 1.807) is 6.20 Å². The van der Waals surface area contributed by atoms with Gasteiger partial charge in [0.15, 0.2) is 17.3 Å². The summed E-state index contributed by atoms with van der Waals surface area (Å²) >= 11 is 5.71. The Balaban J connectivity index is 2.26. The van der Waals surface area contributed by atoms with Gasteiger partial charge in [0, 0.05) is 5.56 Å². The number of hydrogen-bond acceptors (Lipinski definition) is 4. The van der Waals surface area contributed by atoms with E-state index < -0.39 is 0 Å². The van der Waals surface area contributed by atoms with Crippen LogP contribution in [0.2, 0.25) is 0 Å². The second kappa shape index (κ2) is 7.93. The smallest absolute Gasteiger partial charge is 0.209 e. The molecule has 1 aromatic heterocycles. The standard InChI is InChI=1S/C16H20ClNO3/c1-3-7-19-13-6-5-12(9-14(13)20-8-4-2)15-11-18-16(10-17)21-15/h5-6,9,11H,3-4,7-8,10H2,1-2H3. The Bertz CT molecular complexity index is 568. The van der Waals surface area contributed by atoms with Crippen LogP contribution < -0.4 is 9.47 Å². The molecule has 2 rings (SSSR count). The molecule has 0 spiro atoms. The third kappa shape index (κ3) is 4.14. The first-order chi connectivity index (χ1) is 10.3. The monoisotopic (exact) mass is 309 g/mol. The number of rotatable bonds is 8. The lowest BCUT2D eigenvalue weighted by molar-refractivity contribution is 0.268. The van der Waals surface area contributed by atoms with E-state index in [4.69, 9.17) is 25.5 Å². The van der Waals surface area contributed by atoms with Crippen molar-refractivity contribution < 1.29 is 13.9 Å². The first-order valence-electron chi connectivity index (χ1n) is 7.19. The SMILES string of the molecule is CCCOc1ccc(-c2cnc(CCl)o2)cc1OCCC. The first kappa shape index (κ1) is 15.7. The van der Waals surface area contributed by atoms with Gasteiger partial charge < -0.3 is 13.9 Å². The van der Waals surface area contributed by atoms with Gasteiger partial charge in [-0.15, -0.1) is 11.6 Å². The molecule has 2 aromatic rings. The van der Waals surface area contributed by atoms with Crippen LogP contribution in [0.4, 0.5) is 0 Å². The van der Waals surface area contributed by atoms with E-state index in [0.29, 0.717) is 24.9 Å². The molecule has 114 valence electrons. The molecule has 21 heavy (non-hydrogen) atoms. The largest absolute Gasteiger partial charge is 0.490 e. The molecule has 0 fully saturated rings. The van der Waals surface area contributed by atoms with Gasteiger partial charge in [0.1, 0.15) is 0 Å². The normalized spacial score (nSPS) is 10.6. The van der Waals surface area contributed by atoms with Gasteiger partial charge in [0.05, 0.1) is 25.3 Å².